The molecular weight excluding hydrogens is 269 g/mol. The third kappa shape index (κ3) is 4.90. The van der Waals surface area contributed by atoms with Gasteiger partial charge in [0.05, 0.1) is 6.26 Å². The smallest absolute Gasteiger partial charge is 0.146 e. The predicted molar refractivity (Wildman–Crippen MR) is 80.8 cm³/mol. The zero-order chi connectivity index (χ0) is 15.5. The number of rotatable bonds is 5. The Hall–Kier alpha value is -1.81. The lowest BCUT2D eigenvalue weighted by Crippen LogP contribution is -2.34. The summed E-state index contributed by atoms with van der Waals surface area (Å²) in [5.74, 6) is 1.17. The topological polar surface area (TPSA) is 34.4 Å². The molecule has 0 unspecified atom stereocenters. The summed E-state index contributed by atoms with van der Waals surface area (Å²) >= 11 is 0. The summed E-state index contributed by atoms with van der Waals surface area (Å²) in [4.78, 5) is 0. The molecule has 0 aliphatic rings. The van der Waals surface area contributed by atoms with Gasteiger partial charge in [-0.25, -0.2) is 4.39 Å². The number of benzene rings is 1. The zero-order valence-electron chi connectivity index (χ0n) is 13.0. The fourth-order valence-electron chi connectivity index (χ4n) is 1.82. The van der Waals surface area contributed by atoms with E-state index in [2.05, 4.69) is 26.1 Å². The standard InChI is InChI=1S/C17H22FNO2/c1-12-7-14(5-6-16(12)18)21-11-15-8-13(10-20-15)9-19-17(2,3)4/h5-8,10,19H,9,11H2,1-4H3. The summed E-state index contributed by atoms with van der Waals surface area (Å²) < 4.78 is 24.2. The number of ether oxygens (including phenoxy) is 1. The van der Waals surface area contributed by atoms with Gasteiger partial charge < -0.3 is 14.5 Å². The number of hydrogen-bond donors (Lipinski definition) is 1. The Balaban J connectivity index is 1.89. The first-order valence-corrected chi connectivity index (χ1v) is 7.04. The molecule has 0 fully saturated rings. The van der Waals surface area contributed by atoms with Gasteiger partial charge in [-0.2, -0.15) is 0 Å². The quantitative estimate of drug-likeness (QED) is 0.896. The van der Waals surface area contributed by atoms with Crippen LogP contribution in [-0.4, -0.2) is 5.54 Å². The van der Waals surface area contributed by atoms with Crippen molar-refractivity contribution in [3.8, 4) is 5.75 Å². The summed E-state index contributed by atoms with van der Waals surface area (Å²) in [5, 5.41) is 3.40. The van der Waals surface area contributed by atoms with Crippen molar-refractivity contribution >= 4 is 0 Å². The molecule has 21 heavy (non-hydrogen) atoms. The highest BCUT2D eigenvalue weighted by Gasteiger charge is 2.10. The van der Waals surface area contributed by atoms with Gasteiger partial charge in [-0.3, -0.25) is 0 Å². The van der Waals surface area contributed by atoms with Crippen LogP contribution in [0.15, 0.2) is 34.9 Å². The molecule has 2 aromatic rings. The van der Waals surface area contributed by atoms with Crippen molar-refractivity contribution in [2.45, 2.75) is 46.4 Å². The van der Waals surface area contributed by atoms with Gasteiger partial charge in [-0.1, -0.05) is 0 Å². The van der Waals surface area contributed by atoms with Gasteiger partial charge in [0.2, 0.25) is 0 Å². The van der Waals surface area contributed by atoms with Crippen molar-refractivity contribution in [2.75, 3.05) is 0 Å². The van der Waals surface area contributed by atoms with Gasteiger partial charge in [-0.15, -0.1) is 0 Å². The van der Waals surface area contributed by atoms with Crippen LogP contribution in [0.4, 0.5) is 4.39 Å². The first-order valence-electron chi connectivity index (χ1n) is 7.04. The third-order valence-corrected chi connectivity index (χ3v) is 3.04. The van der Waals surface area contributed by atoms with Crippen molar-refractivity contribution in [3.63, 3.8) is 0 Å². The van der Waals surface area contributed by atoms with E-state index in [-0.39, 0.29) is 11.4 Å². The maximum Gasteiger partial charge on any atom is 0.146 e. The second-order valence-corrected chi connectivity index (χ2v) is 6.22. The molecule has 0 spiro atoms. The van der Waals surface area contributed by atoms with Crippen LogP contribution in [0.1, 0.15) is 37.7 Å². The molecule has 0 radical (unpaired) electrons. The first kappa shape index (κ1) is 15.6. The number of hydrogen-bond acceptors (Lipinski definition) is 3. The molecule has 1 aromatic heterocycles. The molecule has 1 aromatic carbocycles. The average Bonchev–Trinajstić information content (AvgIpc) is 2.85. The SMILES string of the molecule is Cc1cc(OCc2cc(CNC(C)(C)C)co2)ccc1F. The Morgan fingerprint density at radius 3 is 2.67 bits per heavy atom. The lowest BCUT2D eigenvalue weighted by Gasteiger charge is -2.19. The average molecular weight is 291 g/mol. The summed E-state index contributed by atoms with van der Waals surface area (Å²) in [6.07, 6.45) is 1.73. The normalized spacial score (nSPS) is 11.7. The van der Waals surface area contributed by atoms with Gasteiger partial charge >= 0.3 is 0 Å². The summed E-state index contributed by atoms with van der Waals surface area (Å²) in [5.41, 5.74) is 1.72. The molecule has 2 rings (SSSR count). The molecule has 0 bridgehead atoms. The highest BCUT2D eigenvalue weighted by atomic mass is 19.1. The number of nitrogens with one attached hydrogen (secondary N) is 1. The van der Waals surface area contributed by atoms with Crippen LogP contribution in [0.2, 0.25) is 0 Å². The van der Waals surface area contributed by atoms with E-state index in [9.17, 15) is 4.39 Å². The Kier molecular flexibility index (Phi) is 4.68. The summed E-state index contributed by atoms with van der Waals surface area (Å²) in [7, 11) is 0. The van der Waals surface area contributed by atoms with Crippen LogP contribution in [-0.2, 0) is 13.2 Å². The fraction of sp³-hybridized carbons (Fsp3) is 0.412. The minimum atomic E-state index is -0.226. The Morgan fingerprint density at radius 2 is 2.00 bits per heavy atom. The number of furan rings is 1. The molecule has 3 nitrogen and oxygen atoms in total. The molecule has 0 saturated carbocycles. The maximum absolute atomic E-state index is 13.2. The van der Waals surface area contributed by atoms with Crippen LogP contribution >= 0.6 is 0 Å². The Bertz CT molecular complexity index is 599. The minimum absolute atomic E-state index is 0.0690. The first-order chi connectivity index (χ1) is 9.83. The summed E-state index contributed by atoms with van der Waals surface area (Å²) in [6, 6.07) is 6.67. The van der Waals surface area contributed by atoms with E-state index in [1.165, 1.54) is 6.07 Å². The molecule has 0 aliphatic carbocycles. The number of aryl methyl sites for hydroxylation is 1. The van der Waals surface area contributed by atoms with E-state index in [0.29, 0.717) is 17.9 Å². The molecule has 0 aliphatic heterocycles. The third-order valence-electron chi connectivity index (χ3n) is 3.04. The highest BCUT2D eigenvalue weighted by molar-refractivity contribution is 5.29. The van der Waals surface area contributed by atoms with E-state index >= 15 is 0 Å². The van der Waals surface area contributed by atoms with Gasteiger partial charge in [-0.05, 0) is 57.5 Å². The van der Waals surface area contributed by atoms with E-state index in [1.807, 2.05) is 6.07 Å². The second kappa shape index (κ2) is 6.31. The van der Waals surface area contributed by atoms with Crippen molar-refractivity contribution in [2.24, 2.45) is 0 Å². The molecule has 0 amide bonds. The van der Waals surface area contributed by atoms with Crippen LogP contribution < -0.4 is 10.1 Å². The van der Waals surface area contributed by atoms with Gasteiger partial charge in [0.25, 0.3) is 0 Å². The Morgan fingerprint density at radius 1 is 1.24 bits per heavy atom. The van der Waals surface area contributed by atoms with Crippen LogP contribution in [0, 0.1) is 12.7 Å². The largest absolute Gasteiger partial charge is 0.486 e. The van der Waals surface area contributed by atoms with Crippen LogP contribution in [0.25, 0.3) is 0 Å². The lowest BCUT2D eigenvalue weighted by molar-refractivity contribution is 0.270. The molecule has 0 atom stereocenters. The van der Waals surface area contributed by atoms with Gasteiger partial charge in [0, 0.05) is 17.6 Å². The highest BCUT2D eigenvalue weighted by Crippen LogP contribution is 2.18. The second-order valence-electron chi connectivity index (χ2n) is 6.22. The van der Waals surface area contributed by atoms with Crippen molar-refractivity contribution in [1.29, 1.82) is 0 Å². The van der Waals surface area contributed by atoms with Crippen molar-refractivity contribution < 1.29 is 13.5 Å². The maximum atomic E-state index is 13.2. The monoisotopic (exact) mass is 291 g/mol. The van der Waals surface area contributed by atoms with Gasteiger partial charge in [0.15, 0.2) is 0 Å². The zero-order valence-corrected chi connectivity index (χ0v) is 13.0. The lowest BCUT2D eigenvalue weighted by atomic mass is 10.1. The molecule has 0 saturated heterocycles. The van der Waals surface area contributed by atoms with Gasteiger partial charge in [0.1, 0.15) is 23.9 Å². The minimum Gasteiger partial charge on any atom is -0.486 e. The van der Waals surface area contributed by atoms with Crippen molar-refractivity contribution in [1.82, 2.24) is 5.32 Å². The fourth-order valence-corrected chi connectivity index (χ4v) is 1.82. The molecule has 4 heteroatoms. The summed E-state index contributed by atoms with van der Waals surface area (Å²) in [6.45, 7) is 9.16. The van der Waals surface area contributed by atoms with E-state index < -0.39 is 0 Å². The van der Waals surface area contributed by atoms with E-state index in [0.717, 1.165) is 17.9 Å². The van der Waals surface area contributed by atoms with Crippen LogP contribution in [0.3, 0.4) is 0 Å². The predicted octanol–water partition coefficient (Wildman–Crippen LogP) is 4.19. The van der Waals surface area contributed by atoms with E-state index in [1.54, 1.807) is 25.3 Å². The molecule has 1 N–H and O–H groups in total. The number of halogens is 1. The van der Waals surface area contributed by atoms with E-state index in [4.69, 9.17) is 9.15 Å². The Labute approximate surface area is 125 Å². The molecule has 1 heterocycles. The van der Waals surface area contributed by atoms with Crippen LogP contribution in [0.5, 0.6) is 5.75 Å². The molecule has 114 valence electrons. The molecular formula is C17H22FNO2. The van der Waals surface area contributed by atoms with Crippen molar-refractivity contribution in [3.05, 3.63) is 53.2 Å².